The average molecular weight is 352 g/mol. The van der Waals surface area contributed by atoms with Crippen LogP contribution in [0.5, 0.6) is 5.75 Å². The zero-order valence-electron chi connectivity index (χ0n) is 13.6. The molecule has 7 nitrogen and oxygen atoms in total. The van der Waals surface area contributed by atoms with Gasteiger partial charge in [-0.15, -0.1) is 24.1 Å². The van der Waals surface area contributed by atoms with Crippen LogP contribution < -0.4 is 10.1 Å². The Bertz CT molecular complexity index is 718. The largest absolute Gasteiger partial charge is 0.496 e. The molecule has 2 N–H and O–H groups in total. The van der Waals surface area contributed by atoms with Gasteiger partial charge in [0.1, 0.15) is 11.3 Å². The molecule has 130 valence electrons. The van der Waals surface area contributed by atoms with Gasteiger partial charge in [0.15, 0.2) is 0 Å². The molecule has 1 fully saturated rings. The summed E-state index contributed by atoms with van der Waals surface area (Å²) in [4.78, 5) is 14.9. The number of nitrogens with zero attached hydrogens (tertiary/aromatic N) is 3. The van der Waals surface area contributed by atoms with Gasteiger partial charge in [0, 0.05) is 25.2 Å². The Kier molecular flexibility index (Phi) is 6.16. The van der Waals surface area contributed by atoms with Gasteiger partial charge in [0.2, 0.25) is 0 Å². The molecule has 1 aromatic heterocycles. The number of halogens is 1. The normalized spacial score (nSPS) is 17.5. The van der Waals surface area contributed by atoms with Crippen molar-refractivity contribution in [2.75, 3.05) is 26.7 Å². The summed E-state index contributed by atoms with van der Waals surface area (Å²) in [6.07, 6.45) is 4.15. The number of rotatable bonds is 6. The van der Waals surface area contributed by atoms with Gasteiger partial charge in [0.05, 0.1) is 18.2 Å². The number of aromatic nitrogens is 3. The number of ether oxygens (including phenoxy) is 1. The number of fused-ring (bicyclic) bond motifs is 1. The van der Waals surface area contributed by atoms with Crippen molar-refractivity contribution in [3.63, 3.8) is 0 Å². The van der Waals surface area contributed by atoms with Crippen molar-refractivity contribution in [1.82, 2.24) is 25.6 Å². The maximum Gasteiger partial charge on any atom is 0.255 e. The molecule has 1 aliphatic rings. The van der Waals surface area contributed by atoms with E-state index in [0.29, 0.717) is 34.9 Å². The quantitative estimate of drug-likeness (QED) is 0.775. The van der Waals surface area contributed by atoms with Crippen molar-refractivity contribution in [3.8, 4) is 5.75 Å². The number of aromatic amines is 1. The van der Waals surface area contributed by atoms with Gasteiger partial charge in [-0.3, -0.25) is 14.8 Å². The summed E-state index contributed by atoms with van der Waals surface area (Å²) < 4.78 is 5.31. The van der Waals surface area contributed by atoms with Gasteiger partial charge in [-0.05, 0) is 25.5 Å². The van der Waals surface area contributed by atoms with E-state index < -0.39 is 0 Å². The number of nitrogens with one attached hydrogen (secondary N) is 2. The van der Waals surface area contributed by atoms with E-state index in [0.717, 1.165) is 25.9 Å². The summed E-state index contributed by atoms with van der Waals surface area (Å²) in [6.45, 7) is 6.32. The van der Waals surface area contributed by atoms with Gasteiger partial charge < -0.3 is 10.1 Å². The van der Waals surface area contributed by atoms with Crippen LogP contribution >= 0.6 is 12.4 Å². The molecular formula is C16H22ClN5O2. The van der Waals surface area contributed by atoms with E-state index in [1.807, 2.05) is 6.08 Å². The highest BCUT2D eigenvalue weighted by atomic mass is 35.5. The van der Waals surface area contributed by atoms with E-state index >= 15 is 0 Å². The van der Waals surface area contributed by atoms with Crippen LogP contribution in [-0.2, 0) is 0 Å². The molecule has 1 amide bonds. The fraction of sp³-hybridized carbons (Fsp3) is 0.438. The van der Waals surface area contributed by atoms with Crippen molar-refractivity contribution in [2.24, 2.45) is 0 Å². The monoisotopic (exact) mass is 351 g/mol. The zero-order valence-corrected chi connectivity index (χ0v) is 14.4. The summed E-state index contributed by atoms with van der Waals surface area (Å²) in [6, 6.07) is 3.80. The van der Waals surface area contributed by atoms with Gasteiger partial charge in [-0.25, -0.2) is 0 Å². The minimum Gasteiger partial charge on any atom is -0.496 e. The van der Waals surface area contributed by atoms with Crippen molar-refractivity contribution < 1.29 is 9.53 Å². The Morgan fingerprint density at radius 3 is 3.17 bits per heavy atom. The van der Waals surface area contributed by atoms with Crippen LogP contribution in [0.3, 0.4) is 0 Å². The van der Waals surface area contributed by atoms with E-state index in [1.54, 1.807) is 19.2 Å². The van der Waals surface area contributed by atoms with Crippen LogP contribution in [-0.4, -0.2) is 59.0 Å². The fourth-order valence-corrected chi connectivity index (χ4v) is 3.06. The molecule has 1 aromatic carbocycles. The smallest absolute Gasteiger partial charge is 0.255 e. The molecule has 0 radical (unpaired) electrons. The Morgan fingerprint density at radius 1 is 1.58 bits per heavy atom. The van der Waals surface area contributed by atoms with E-state index in [2.05, 4.69) is 32.2 Å². The Balaban J connectivity index is 0.00000208. The first-order valence-corrected chi connectivity index (χ1v) is 7.75. The molecule has 1 saturated heterocycles. The topological polar surface area (TPSA) is 83.1 Å². The number of likely N-dealkylation sites (tertiary alicyclic amines) is 1. The van der Waals surface area contributed by atoms with Crippen LogP contribution in [0.1, 0.15) is 23.2 Å². The second-order valence-electron chi connectivity index (χ2n) is 5.67. The van der Waals surface area contributed by atoms with E-state index in [4.69, 9.17) is 4.74 Å². The number of benzene rings is 1. The average Bonchev–Trinajstić information content (AvgIpc) is 3.20. The maximum absolute atomic E-state index is 12.5. The second kappa shape index (κ2) is 8.12. The molecule has 0 saturated carbocycles. The highest BCUT2D eigenvalue weighted by molar-refractivity contribution is 6.00. The number of methoxy groups -OCH3 is 1. The Labute approximate surface area is 146 Å². The lowest BCUT2D eigenvalue weighted by Gasteiger charge is -2.23. The molecule has 24 heavy (non-hydrogen) atoms. The lowest BCUT2D eigenvalue weighted by atomic mass is 10.1. The Hall–Kier alpha value is -2.12. The highest BCUT2D eigenvalue weighted by Gasteiger charge is 2.24. The highest BCUT2D eigenvalue weighted by Crippen LogP contribution is 2.23. The molecular weight excluding hydrogens is 330 g/mol. The first kappa shape index (κ1) is 18.2. The van der Waals surface area contributed by atoms with Crippen molar-refractivity contribution in [2.45, 2.75) is 18.9 Å². The van der Waals surface area contributed by atoms with Crippen LogP contribution in [0.4, 0.5) is 0 Å². The van der Waals surface area contributed by atoms with Crippen LogP contribution in [0.2, 0.25) is 0 Å². The molecule has 0 spiro atoms. The molecule has 2 aromatic rings. The fourth-order valence-electron chi connectivity index (χ4n) is 3.06. The maximum atomic E-state index is 12.5. The summed E-state index contributed by atoms with van der Waals surface area (Å²) >= 11 is 0. The molecule has 2 heterocycles. The molecule has 0 bridgehead atoms. The minimum absolute atomic E-state index is 0. The molecule has 1 atom stereocenters. The number of amides is 1. The predicted octanol–water partition coefficient (Wildman–Crippen LogP) is 1.77. The summed E-state index contributed by atoms with van der Waals surface area (Å²) in [7, 11) is 1.54. The third kappa shape index (κ3) is 3.68. The van der Waals surface area contributed by atoms with Gasteiger partial charge in [0.25, 0.3) is 5.91 Å². The van der Waals surface area contributed by atoms with Crippen LogP contribution in [0, 0.1) is 0 Å². The molecule has 1 aliphatic heterocycles. The molecule has 8 heteroatoms. The van der Waals surface area contributed by atoms with Gasteiger partial charge >= 0.3 is 0 Å². The first-order chi connectivity index (χ1) is 11.2. The third-order valence-corrected chi connectivity index (χ3v) is 4.25. The summed E-state index contributed by atoms with van der Waals surface area (Å²) in [5.41, 5.74) is 1.87. The lowest BCUT2D eigenvalue weighted by Crippen LogP contribution is -2.40. The third-order valence-electron chi connectivity index (χ3n) is 4.25. The minimum atomic E-state index is -0.149. The van der Waals surface area contributed by atoms with Gasteiger partial charge in [-0.1, -0.05) is 11.3 Å². The number of carbonyl (C=O) groups excluding carboxylic acids is 1. The Morgan fingerprint density at radius 2 is 2.42 bits per heavy atom. The molecule has 0 unspecified atom stereocenters. The molecule has 0 aliphatic carbocycles. The predicted molar refractivity (Wildman–Crippen MR) is 94.8 cm³/mol. The van der Waals surface area contributed by atoms with Crippen LogP contribution in [0.15, 0.2) is 24.8 Å². The zero-order chi connectivity index (χ0) is 16.2. The number of carbonyl (C=O) groups is 1. The number of H-pyrrole nitrogens is 1. The van der Waals surface area contributed by atoms with Crippen molar-refractivity contribution in [3.05, 3.63) is 30.4 Å². The molecule has 3 rings (SSSR count). The summed E-state index contributed by atoms with van der Waals surface area (Å²) in [5.74, 6) is 0.349. The SMILES string of the molecule is C=CCN1CCC[C@@H]1CNC(=O)c1cc2[nH]nnc2cc1OC.Cl. The second-order valence-corrected chi connectivity index (χ2v) is 5.67. The standard InChI is InChI=1S/C16H21N5O2.ClH/c1-3-6-21-7-4-5-11(21)10-17-16(22)12-8-13-14(19-20-18-13)9-15(12)23-2;/h3,8-9,11H,1,4-7,10H2,2H3,(H,17,22)(H,18,19,20);1H/t11-;/m1./s1. The summed E-state index contributed by atoms with van der Waals surface area (Å²) in [5, 5.41) is 13.5. The van der Waals surface area contributed by atoms with Crippen molar-refractivity contribution >= 4 is 29.3 Å². The number of hydrogen-bond donors (Lipinski definition) is 2. The van der Waals surface area contributed by atoms with Gasteiger partial charge in [-0.2, -0.15) is 0 Å². The van der Waals surface area contributed by atoms with E-state index in [-0.39, 0.29) is 18.3 Å². The van der Waals surface area contributed by atoms with Crippen LogP contribution in [0.25, 0.3) is 11.0 Å². The van der Waals surface area contributed by atoms with E-state index in [1.165, 1.54) is 0 Å². The first-order valence-electron chi connectivity index (χ1n) is 7.75. The van der Waals surface area contributed by atoms with E-state index in [9.17, 15) is 4.79 Å². The number of hydrogen-bond acceptors (Lipinski definition) is 5. The lowest BCUT2D eigenvalue weighted by molar-refractivity contribution is 0.0939. The van der Waals surface area contributed by atoms with Crippen molar-refractivity contribution in [1.29, 1.82) is 0 Å².